The summed E-state index contributed by atoms with van der Waals surface area (Å²) in [4.78, 5) is 7.24. The van der Waals surface area contributed by atoms with Crippen molar-refractivity contribution in [2.75, 3.05) is 59.7 Å². The second kappa shape index (κ2) is 11.8. The van der Waals surface area contributed by atoms with Crippen molar-refractivity contribution in [1.29, 1.82) is 0 Å². The molecule has 0 aliphatic carbocycles. The van der Waals surface area contributed by atoms with Crippen LogP contribution in [0.15, 0.2) is 29.3 Å². The van der Waals surface area contributed by atoms with Gasteiger partial charge in [0.05, 0.1) is 33.5 Å². The molecule has 0 aromatic heterocycles. The number of nitrogens with zero attached hydrogens (tertiary/aromatic N) is 2. The molecule has 0 radical (unpaired) electrons. The predicted molar refractivity (Wildman–Crippen MR) is 114 cm³/mol. The smallest absolute Gasteiger partial charge is 0.191 e. The van der Waals surface area contributed by atoms with Crippen molar-refractivity contribution in [2.45, 2.75) is 32.7 Å². The highest BCUT2D eigenvalue weighted by atomic mass is 16.5. The van der Waals surface area contributed by atoms with Crippen molar-refractivity contribution < 1.29 is 14.2 Å². The average Bonchev–Trinajstić information content (AvgIpc) is 2.72. The van der Waals surface area contributed by atoms with Crippen LogP contribution in [0.3, 0.4) is 0 Å². The van der Waals surface area contributed by atoms with Crippen LogP contribution in [0, 0.1) is 0 Å². The normalized spacial score (nSPS) is 15.9. The van der Waals surface area contributed by atoms with Crippen LogP contribution in [-0.2, 0) is 4.74 Å². The summed E-state index contributed by atoms with van der Waals surface area (Å²) >= 11 is 0. The minimum absolute atomic E-state index is 0.0155. The van der Waals surface area contributed by atoms with Gasteiger partial charge in [0.25, 0.3) is 0 Å². The van der Waals surface area contributed by atoms with Gasteiger partial charge in [-0.15, -0.1) is 0 Å². The number of benzene rings is 1. The molecular formula is C21H36N4O3. The van der Waals surface area contributed by atoms with Gasteiger partial charge in [0.15, 0.2) is 5.96 Å². The van der Waals surface area contributed by atoms with Crippen LogP contribution in [0.4, 0.5) is 0 Å². The summed E-state index contributed by atoms with van der Waals surface area (Å²) in [6, 6.07) is 7.67. The van der Waals surface area contributed by atoms with E-state index in [9.17, 15) is 0 Å². The molecule has 1 aromatic rings. The molecule has 7 heteroatoms. The number of morpholine rings is 1. The molecule has 1 aliphatic heterocycles. The Labute approximate surface area is 169 Å². The number of hydrogen-bond donors (Lipinski definition) is 2. The van der Waals surface area contributed by atoms with E-state index in [0.717, 1.165) is 69.8 Å². The van der Waals surface area contributed by atoms with Crippen LogP contribution in [0.5, 0.6) is 11.5 Å². The van der Waals surface area contributed by atoms with Gasteiger partial charge in [0.2, 0.25) is 0 Å². The van der Waals surface area contributed by atoms with Crippen LogP contribution in [0.25, 0.3) is 0 Å². The van der Waals surface area contributed by atoms with Gasteiger partial charge in [-0.2, -0.15) is 0 Å². The second-order valence-electron chi connectivity index (χ2n) is 7.41. The first-order valence-electron chi connectivity index (χ1n) is 10.2. The standard InChI is InChI=1S/C21H36N4O3/c1-5-22-20(24-17-21(2,3)25-11-14-27-15-12-25)23-10-7-13-28-19-9-6-8-18(16-19)26-4/h6,8-9,16H,5,7,10-15,17H2,1-4H3,(H2,22,23,24). The van der Waals surface area contributed by atoms with E-state index < -0.39 is 0 Å². The third kappa shape index (κ3) is 7.56. The predicted octanol–water partition coefficient (Wildman–Crippen LogP) is 2.13. The molecule has 0 bridgehead atoms. The number of ether oxygens (including phenoxy) is 3. The largest absolute Gasteiger partial charge is 0.497 e. The van der Waals surface area contributed by atoms with Gasteiger partial charge in [-0.3, -0.25) is 9.89 Å². The van der Waals surface area contributed by atoms with Crippen molar-refractivity contribution in [1.82, 2.24) is 15.5 Å². The molecular weight excluding hydrogens is 356 g/mol. The molecule has 0 saturated carbocycles. The summed E-state index contributed by atoms with van der Waals surface area (Å²) in [5.41, 5.74) is 0.0155. The molecule has 7 nitrogen and oxygen atoms in total. The molecule has 28 heavy (non-hydrogen) atoms. The summed E-state index contributed by atoms with van der Waals surface area (Å²) in [5.74, 6) is 2.48. The van der Waals surface area contributed by atoms with Crippen LogP contribution in [0.1, 0.15) is 27.2 Å². The van der Waals surface area contributed by atoms with Gasteiger partial charge >= 0.3 is 0 Å². The number of methoxy groups -OCH3 is 1. The number of guanidine groups is 1. The monoisotopic (exact) mass is 392 g/mol. The zero-order valence-corrected chi connectivity index (χ0v) is 17.8. The molecule has 158 valence electrons. The van der Waals surface area contributed by atoms with Gasteiger partial charge < -0.3 is 24.8 Å². The maximum absolute atomic E-state index is 5.79. The van der Waals surface area contributed by atoms with Crippen molar-refractivity contribution in [3.8, 4) is 11.5 Å². The highest BCUT2D eigenvalue weighted by Gasteiger charge is 2.28. The highest BCUT2D eigenvalue weighted by molar-refractivity contribution is 5.79. The maximum Gasteiger partial charge on any atom is 0.191 e. The first-order valence-corrected chi connectivity index (χ1v) is 10.2. The van der Waals surface area contributed by atoms with Crippen LogP contribution in [0.2, 0.25) is 0 Å². The Kier molecular flexibility index (Phi) is 9.37. The Morgan fingerprint density at radius 2 is 1.96 bits per heavy atom. The Morgan fingerprint density at radius 1 is 1.21 bits per heavy atom. The number of aliphatic imine (C=N–C) groups is 1. The molecule has 1 heterocycles. The topological polar surface area (TPSA) is 67.4 Å². The third-order valence-corrected chi connectivity index (χ3v) is 4.76. The molecule has 0 amide bonds. The summed E-state index contributed by atoms with van der Waals surface area (Å²) in [5, 5.41) is 6.72. The second-order valence-corrected chi connectivity index (χ2v) is 7.41. The van der Waals surface area contributed by atoms with E-state index in [2.05, 4.69) is 36.3 Å². The zero-order valence-electron chi connectivity index (χ0n) is 17.8. The fourth-order valence-electron chi connectivity index (χ4n) is 3.04. The molecule has 1 aromatic carbocycles. The number of hydrogen-bond acceptors (Lipinski definition) is 5. The lowest BCUT2D eigenvalue weighted by Gasteiger charge is -2.39. The summed E-state index contributed by atoms with van der Waals surface area (Å²) < 4.78 is 16.5. The van der Waals surface area contributed by atoms with Crippen molar-refractivity contribution in [3.05, 3.63) is 24.3 Å². The molecule has 0 atom stereocenters. The fourth-order valence-corrected chi connectivity index (χ4v) is 3.04. The molecule has 1 fully saturated rings. The molecule has 2 rings (SSSR count). The van der Waals surface area contributed by atoms with Gasteiger partial charge in [0, 0.05) is 37.8 Å². The minimum atomic E-state index is 0.0155. The first kappa shape index (κ1) is 22.3. The van der Waals surface area contributed by atoms with E-state index in [1.54, 1.807) is 7.11 Å². The molecule has 1 saturated heterocycles. The Balaban J connectivity index is 1.74. The van der Waals surface area contributed by atoms with E-state index in [4.69, 9.17) is 19.2 Å². The van der Waals surface area contributed by atoms with Gasteiger partial charge in [0.1, 0.15) is 11.5 Å². The lowest BCUT2D eigenvalue weighted by atomic mass is 10.0. The third-order valence-electron chi connectivity index (χ3n) is 4.76. The van der Waals surface area contributed by atoms with Crippen molar-refractivity contribution in [3.63, 3.8) is 0 Å². The Hall–Kier alpha value is -1.99. The Morgan fingerprint density at radius 3 is 2.68 bits per heavy atom. The van der Waals surface area contributed by atoms with Crippen LogP contribution in [-0.4, -0.2) is 76.1 Å². The van der Waals surface area contributed by atoms with E-state index in [1.165, 1.54) is 0 Å². The lowest BCUT2D eigenvalue weighted by molar-refractivity contribution is -0.00683. The quantitative estimate of drug-likeness (QED) is 0.361. The SMILES string of the molecule is CCNC(=NCC(C)(C)N1CCOCC1)NCCCOc1cccc(OC)c1. The van der Waals surface area contributed by atoms with Crippen LogP contribution < -0.4 is 20.1 Å². The van der Waals surface area contributed by atoms with Crippen LogP contribution >= 0.6 is 0 Å². The van der Waals surface area contributed by atoms with Gasteiger partial charge in [-0.1, -0.05) is 6.07 Å². The lowest BCUT2D eigenvalue weighted by Crippen LogP contribution is -2.52. The molecule has 2 N–H and O–H groups in total. The van der Waals surface area contributed by atoms with Gasteiger partial charge in [-0.25, -0.2) is 0 Å². The fraction of sp³-hybridized carbons (Fsp3) is 0.667. The number of rotatable bonds is 10. The molecule has 0 spiro atoms. The zero-order chi connectivity index (χ0) is 20.2. The Bertz CT molecular complexity index is 601. The molecule has 1 aliphatic rings. The van der Waals surface area contributed by atoms with Crippen molar-refractivity contribution in [2.24, 2.45) is 4.99 Å². The summed E-state index contributed by atoms with van der Waals surface area (Å²) in [7, 11) is 1.66. The van der Waals surface area contributed by atoms with E-state index in [1.807, 2.05) is 24.3 Å². The first-order chi connectivity index (χ1) is 13.5. The van der Waals surface area contributed by atoms with E-state index in [-0.39, 0.29) is 5.54 Å². The molecule has 0 unspecified atom stereocenters. The summed E-state index contributed by atoms with van der Waals surface area (Å²) in [6.45, 7) is 13.1. The van der Waals surface area contributed by atoms with Gasteiger partial charge in [-0.05, 0) is 39.3 Å². The number of nitrogens with one attached hydrogen (secondary N) is 2. The van der Waals surface area contributed by atoms with E-state index >= 15 is 0 Å². The maximum atomic E-state index is 5.79. The highest BCUT2D eigenvalue weighted by Crippen LogP contribution is 2.19. The average molecular weight is 393 g/mol. The summed E-state index contributed by atoms with van der Waals surface area (Å²) in [6.07, 6.45) is 0.883. The minimum Gasteiger partial charge on any atom is -0.497 e. The van der Waals surface area contributed by atoms with E-state index in [0.29, 0.717) is 6.61 Å². The van der Waals surface area contributed by atoms with Crippen molar-refractivity contribution >= 4 is 5.96 Å².